The van der Waals surface area contributed by atoms with E-state index < -0.39 is 29.8 Å². The number of amides is 1. The van der Waals surface area contributed by atoms with E-state index in [4.69, 9.17) is 0 Å². The first kappa shape index (κ1) is 20.6. The minimum absolute atomic E-state index is 0.147. The molecule has 0 aliphatic heterocycles. The van der Waals surface area contributed by atoms with E-state index in [0.29, 0.717) is 6.54 Å². The summed E-state index contributed by atoms with van der Waals surface area (Å²) in [5.74, 6) is -0.236. The average Bonchev–Trinajstić information content (AvgIpc) is 2.98. The van der Waals surface area contributed by atoms with Crippen LogP contribution in [0, 0.1) is 0 Å². The minimum Gasteiger partial charge on any atom is -0.344 e. The van der Waals surface area contributed by atoms with Crippen LogP contribution in [-0.4, -0.2) is 59.9 Å². The van der Waals surface area contributed by atoms with Crippen molar-refractivity contribution >= 4 is 26.0 Å². The maximum atomic E-state index is 12.2. The van der Waals surface area contributed by atoms with Gasteiger partial charge in [0.1, 0.15) is 16.3 Å². The van der Waals surface area contributed by atoms with E-state index >= 15 is 0 Å². The molecule has 0 saturated carbocycles. The molecule has 0 saturated heterocycles. The van der Waals surface area contributed by atoms with Crippen LogP contribution in [0.25, 0.3) is 0 Å². The Bertz CT molecular complexity index is 732. The van der Waals surface area contributed by atoms with Crippen molar-refractivity contribution < 1.29 is 21.6 Å². The number of hydrogen-bond acceptors (Lipinski definition) is 5. The predicted octanol–water partition coefficient (Wildman–Crippen LogP) is -0.437. The first-order valence-corrected chi connectivity index (χ1v) is 10.4. The van der Waals surface area contributed by atoms with Crippen molar-refractivity contribution in [1.82, 2.24) is 18.9 Å². The molecule has 1 aromatic heterocycles. The van der Waals surface area contributed by atoms with Gasteiger partial charge in [-0.3, -0.25) is 4.79 Å². The van der Waals surface area contributed by atoms with Crippen LogP contribution in [0.3, 0.4) is 0 Å². The van der Waals surface area contributed by atoms with E-state index in [0.717, 1.165) is 25.2 Å². The molecule has 1 aromatic rings. The highest BCUT2D eigenvalue weighted by molar-refractivity contribution is 7.92. The van der Waals surface area contributed by atoms with Crippen LogP contribution < -0.4 is 9.44 Å². The summed E-state index contributed by atoms with van der Waals surface area (Å²) in [7, 11) is -3.95. The van der Waals surface area contributed by atoms with Gasteiger partial charge in [0, 0.05) is 26.0 Å². The molecule has 138 valence electrons. The molecule has 0 aliphatic carbocycles. The van der Waals surface area contributed by atoms with Crippen molar-refractivity contribution in [3.05, 3.63) is 12.4 Å². The molecule has 0 spiro atoms. The summed E-state index contributed by atoms with van der Waals surface area (Å²) in [6.45, 7) is 2.44. The fourth-order valence-electron chi connectivity index (χ4n) is 1.98. The van der Waals surface area contributed by atoms with Crippen molar-refractivity contribution in [1.29, 1.82) is 0 Å². The number of sulfonamides is 2. The monoisotopic (exact) mass is 380 g/mol. The van der Waals surface area contributed by atoms with Crippen LogP contribution in [0.1, 0.15) is 19.8 Å². The third-order valence-electron chi connectivity index (χ3n) is 3.52. The maximum absolute atomic E-state index is 12.2. The van der Waals surface area contributed by atoms with Crippen LogP contribution in [0.2, 0.25) is 0 Å². The molecule has 0 atom stereocenters. The third-order valence-corrected chi connectivity index (χ3v) is 6.53. The summed E-state index contributed by atoms with van der Waals surface area (Å²) >= 11 is 0. The first-order valence-electron chi connectivity index (χ1n) is 7.39. The number of hydrogen-bond donors (Lipinski definition) is 2. The Balaban J connectivity index is 3.20. The Morgan fingerprint density at radius 3 is 1.92 bits per heavy atom. The standard InChI is InChI=1S/C13H24N4O5S2/c1-5-6-7-16(4)13(18)10-17-8-11(23(19,20)14-2)12(9-17)24(21,22)15-3/h8-9,14-15H,5-7,10H2,1-4H3. The summed E-state index contributed by atoms with van der Waals surface area (Å²) in [4.78, 5) is 12.9. The SMILES string of the molecule is CCCCN(C)C(=O)Cn1cc(S(=O)(=O)NC)c(S(=O)(=O)NC)c1. The number of unbranched alkanes of at least 4 members (excludes halogenated alkanes) is 1. The van der Waals surface area contributed by atoms with Gasteiger partial charge in [-0.1, -0.05) is 13.3 Å². The summed E-state index contributed by atoms with van der Waals surface area (Å²) in [6, 6.07) is 0. The molecule has 0 unspecified atom stereocenters. The molecule has 1 rings (SSSR count). The lowest BCUT2D eigenvalue weighted by molar-refractivity contribution is -0.130. The largest absolute Gasteiger partial charge is 0.344 e. The molecule has 0 aromatic carbocycles. The number of likely N-dealkylation sites (N-methyl/N-ethyl adjacent to an activating group) is 1. The Morgan fingerprint density at radius 2 is 1.54 bits per heavy atom. The van der Waals surface area contributed by atoms with E-state index in [9.17, 15) is 21.6 Å². The van der Waals surface area contributed by atoms with E-state index in [1.54, 1.807) is 7.05 Å². The van der Waals surface area contributed by atoms with Gasteiger partial charge in [0.05, 0.1) is 0 Å². The quantitative estimate of drug-likeness (QED) is 0.602. The smallest absolute Gasteiger partial charge is 0.243 e. The molecule has 9 nitrogen and oxygen atoms in total. The molecule has 1 amide bonds. The number of carbonyl (C=O) groups is 1. The van der Waals surface area contributed by atoms with Crippen LogP contribution in [0.15, 0.2) is 22.2 Å². The van der Waals surface area contributed by atoms with Crippen LogP contribution in [-0.2, 0) is 31.4 Å². The second-order valence-corrected chi connectivity index (χ2v) is 8.95. The Hall–Kier alpha value is -1.43. The highest BCUT2D eigenvalue weighted by Crippen LogP contribution is 2.22. The zero-order valence-electron chi connectivity index (χ0n) is 14.2. The van der Waals surface area contributed by atoms with Gasteiger partial charge in [0.15, 0.2) is 0 Å². The van der Waals surface area contributed by atoms with E-state index in [1.165, 1.54) is 23.6 Å². The second kappa shape index (κ2) is 8.10. The summed E-state index contributed by atoms with van der Waals surface area (Å²) < 4.78 is 53.6. The topological polar surface area (TPSA) is 118 Å². The molecule has 0 bridgehead atoms. The molecular formula is C13H24N4O5S2. The van der Waals surface area contributed by atoms with Gasteiger partial charge >= 0.3 is 0 Å². The molecule has 2 N–H and O–H groups in total. The lowest BCUT2D eigenvalue weighted by atomic mass is 10.3. The van der Waals surface area contributed by atoms with Gasteiger partial charge in [0.2, 0.25) is 26.0 Å². The fraction of sp³-hybridized carbons (Fsp3) is 0.615. The van der Waals surface area contributed by atoms with Gasteiger partial charge < -0.3 is 9.47 Å². The zero-order valence-corrected chi connectivity index (χ0v) is 15.9. The predicted molar refractivity (Wildman–Crippen MR) is 89.5 cm³/mol. The lowest BCUT2D eigenvalue weighted by Crippen LogP contribution is -2.30. The summed E-state index contributed by atoms with van der Waals surface area (Å²) in [5, 5.41) is 0. The second-order valence-electron chi connectivity index (χ2n) is 5.24. The third kappa shape index (κ3) is 4.79. The first-order chi connectivity index (χ1) is 11.1. The van der Waals surface area contributed by atoms with Crippen molar-refractivity contribution in [2.75, 3.05) is 27.7 Å². The van der Waals surface area contributed by atoms with Crippen molar-refractivity contribution in [3.8, 4) is 0 Å². The lowest BCUT2D eigenvalue weighted by Gasteiger charge is -2.16. The minimum atomic E-state index is -3.99. The molecule has 0 aliphatic rings. The highest BCUT2D eigenvalue weighted by atomic mass is 32.2. The fourth-order valence-corrected chi connectivity index (χ4v) is 4.26. The summed E-state index contributed by atoms with van der Waals surface area (Å²) in [6.07, 6.45) is 4.08. The number of carbonyl (C=O) groups excluding carboxylic acids is 1. The highest BCUT2D eigenvalue weighted by Gasteiger charge is 2.28. The molecular weight excluding hydrogens is 356 g/mol. The zero-order chi connectivity index (χ0) is 18.5. The number of aromatic nitrogens is 1. The van der Waals surface area contributed by atoms with Crippen molar-refractivity contribution in [3.63, 3.8) is 0 Å². The Morgan fingerprint density at radius 1 is 1.08 bits per heavy atom. The van der Waals surface area contributed by atoms with Gasteiger partial charge in [-0.25, -0.2) is 26.3 Å². The van der Waals surface area contributed by atoms with Crippen LogP contribution >= 0.6 is 0 Å². The van der Waals surface area contributed by atoms with Gasteiger partial charge in [0.25, 0.3) is 0 Å². The molecule has 1 heterocycles. The molecule has 11 heteroatoms. The molecule has 0 fully saturated rings. The van der Waals surface area contributed by atoms with E-state index in [-0.39, 0.29) is 12.5 Å². The number of nitrogens with zero attached hydrogens (tertiary/aromatic N) is 2. The van der Waals surface area contributed by atoms with Crippen molar-refractivity contribution in [2.45, 2.75) is 36.1 Å². The van der Waals surface area contributed by atoms with Gasteiger partial charge in [-0.15, -0.1) is 0 Å². The summed E-state index contributed by atoms with van der Waals surface area (Å²) in [5.41, 5.74) is 0. The molecule has 24 heavy (non-hydrogen) atoms. The van der Waals surface area contributed by atoms with Crippen molar-refractivity contribution in [2.24, 2.45) is 0 Å². The van der Waals surface area contributed by atoms with E-state index in [2.05, 4.69) is 9.44 Å². The Kier molecular flexibility index (Phi) is 6.96. The average molecular weight is 380 g/mol. The Labute approximate surface area is 143 Å². The maximum Gasteiger partial charge on any atom is 0.243 e. The van der Waals surface area contributed by atoms with Gasteiger partial charge in [-0.05, 0) is 20.5 Å². The van der Waals surface area contributed by atoms with Crippen LogP contribution in [0.4, 0.5) is 0 Å². The normalized spacial score (nSPS) is 12.3. The van der Waals surface area contributed by atoms with E-state index in [1.807, 2.05) is 6.92 Å². The van der Waals surface area contributed by atoms with Crippen LogP contribution in [0.5, 0.6) is 0 Å². The molecule has 0 radical (unpaired) electrons. The van der Waals surface area contributed by atoms with Gasteiger partial charge in [-0.2, -0.15) is 0 Å². The number of nitrogens with one attached hydrogen (secondary N) is 2. The number of rotatable bonds is 9.